The van der Waals surface area contributed by atoms with E-state index in [9.17, 15) is 15.0 Å². The molecule has 0 aromatic rings. The van der Waals surface area contributed by atoms with Gasteiger partial charge in [-0.25, -0.2) is 4.79 Å². The van der Waals surface area contributed by atoms with E-state index in [0.717, 1.165) is 23.1 Å². The fourth-order valence-electron chi connectivity index (χ4n) is 3.80. The monoisotopic (exact) mass is 446 g/mol. The molecular weight excluding hydrogens is 404 g/mol. The standard InChI is InChI=1S/C27H42O5/c1-8-22-16-20(5)24(29)12-10-9-11-23(17-28)27(30)32-25(18(2)3)14-13-19(4)15-21(6)26(22)31-7/h9-11,13,15-16,18,22,24-26,28-29H,8,12,14,17H2,1-7H3/t22-,24-,25-,26-/m0/s1. The maximum absolute atomic E-state index is 12.6. The first-order valence-electron chi connectivity index (χ1n) is 11.6. The van der Waals surface area contributed by atoms with Gasteiger partial charge in [-0.3, -0.25) is 0 Å². The summed E-state index contributed by atoms with van der Waals surface area (Å²) < 4.78 is 11.5. The molecule has 0 radical (unpaired) electrons. The normalized spacial score (nSPS) is 27.0. The summed E-state index contributed by atoms with van der Waals surface area (Å²) in [6, 6.07) is 0. The number of hydrogen-bond acceptors (Lipinski definition) is 5. The number of cyclic esters (lactones) is 1. The van der Waals surface area contributed by atoms with Gasteiger partial charge in [-0.05, 0) is 56.8 Å². The van der Waals surface area contributed by atoms with Crippen LogP contribution >= 0.6 is 0 Å². The van der Waals surface area contributed by atoms with Crippen molar-refractivity contribution in [3.63, 3.8) is 0 Å². The molecule has 0 saturated heterocycles. The molecule has 2 N–H and O–H groups in total. The van der Waals surface area contributed by atoms with E-state index < -0.39 is 18.7 Å². The average molecular weight is 447 g/mol. The SMILES string of the molecule is CC[C@H]1C=C(C)[C@@H](O)CC=CC=C(CO)C(=O)O[C@H](C(C)C)CC=C(C)C=C(C)[C@@H]1OC. The highest BCUT2D eigenvalue weighted by Gasteiger charge is 2.22. The zero-order chi connectivity index (χ0) is 24.3. The highest BCUT2D eigenvalue weighted by Crippen LogP contribution is 2.25. The molecule has 0 bridgehead atoms. The van der Waals surface area contributed by atoms with Gasteiger partial charge in [0.25, 0.3) is 0 Å². The third-order valence-corrected chi connectivity index (χ3v) is 5.92. The van der Waals surface area contributed by atoms with Gasteiger partial charge in [0.2, 0.25) is 0 Å². The number of rotatable bonds is 4. The number of allylic oxidation sites excluding steroid dienone is 4. The largest absolute Gasteiger partial charge is 0.458 e. The van der Waals surface area contributed by atoms with Gasteiger partial charge in [-0.15, -0.1) is 0 Å². The van der Waals surface area contributed by atoms with Crippen molar-refractivity contribution in [1.82, 2.24) is 0 Å². The van der Waals surface area contributed by atoms with Gasteiger partial charge >= 0.3 is 5.97 Å². The zero-order valence-corrected chi connectivity index (χ0v) is 20.8. The maximum atomic E-state index is 12.6. The van der Waals surface area contributed by atoms with Crippen LogP contribution in [0.3, 0.4) is 0 Å². The summed E-state index contributed by atoms with van der Waals surface area (Å²) in [6.07, 6.45) is 12.2. The highest BCUT2D eigenvalue weighted by atomic mass is 16.5. The molecule has 0 aromatic heterocycles. The first-order chi connectivity index (χ1) is 15.1. The van der Waals surface area contributed by atoms with E-state index in [0.29, 0.717) is 12.8 Å². The van der Waals surface area contributed by atoms with Gasteiger partial charge in [0.1, 0.15) is 6.10 Å². The number of esters is 1. The van der Waals surface area contributed by atoms with Crippen molar-refractivity contribution >= 4 is 5.97 Å². The zero-order valence-electron chi connectivity index (χ0n) is 20.8. The Hall–Kier alpha value is -1.95. The van der Waals surface area contributed by atoms with Crippen LogP contribution in [0.15, 0.2) is 58.7 Å². The van der Waals surface area contributed by atoms with Crippen LogP contribution in [-0.2, 0) is 14.3 Å². The van der Waals surface area contributed by atoms with Crippen LogP contribution in [0.5, 0.6) is 0 Å². The van der Waals surface area contributed by atoms with Crippen LogP contribution in [-0.4, -0.2) is 48.2 Å². The van der Waals surface area contributed by atoms with Crippen LogP contribution < -0.4 is 0 Å². The van der Waals surface area contributed by atoms with Crippen LogP contribution in [0, 0.1) is 11.8 Å². The smallest absolute Gasteiger partial charge is 0.336 e. The Kier molecular flexibility index (Phi) is 12.5. The second kappa shape index (κ2) is 14.2. The molecule has 0 amide bonds. The second-order valence-electron chi connectivity index (χ2n) is 8.93. The predicted molar refractivity (Wildman–Crippen MR) is 130 cm³/mol. The molecule has 0 spiro atoms. The minimum absolute atomic E-state index is 0.0892. The number of methoxy groups -OCH3 is 1. The minimum Gasteiger partial charge on any atom is -0.458 e. The molecule has 0 saturated carbocycles. The summed E-state index contributed by atoms with van der Waals surface area (Å²) in [5, 5.41) is 20.2. The van der Waals surface area contributed by atoms with E-state index >= 15 is 0 Å². The summed E-state index contributed by atoms with van der Waals surface area (Å²) >= 11 is 0. The highest BCUT2D eigenvalue weighted by molar-refractivity contribution is 5.89. The van der Waals surface area contributed by atoms with Gasteiger partial charge in [0, 0.05) is 19.4 Å². The summed E-state index contributed by atoms with van der Waals surface area (Å²) in [7, 11) is 1.72. The number of aliphatic hydroxyl groups excluding tert-OH is 2. The molecule has 5 heteroatoms. The van der Waals surface area contributed by atoms with Crippen molar-refractivity contribution in [3.8, 4) is 0 Å². The van der Waals surface area contributed by atoms with Crippen molar-refractivity contribution in [2.24, 2.45) is 11.8 Å². The molecule has 0 fully saturated rings. The van der Waals surface area contributed by atoms with E-state index in [1.807, 2.05) is 27.7 Å². The Balaban J connectivity index is 3.41. The molecule has 1 aliphatic rings. The molecular formula is C27H42O5. The van der Waals surface area contributed by atoms with E-state index in [-0.39, 0.29) is 29.6 Å². The van der Waals surface area contributed by atoms with Crippen LogP contribution in [0.4, 0.5) is 0 Å². The number of ether oxygens (including phenoxy) is 2. The molecule has 32 heavy (non-hydrogen) atoms. The third kappa shape index (κ3) is 8.89. The average Bonchev–Trinajstić information content (AvgIpc) is 2.74. The number of aliphatic hydroxyl groups is 2. The van der Waals surface area contributed by atoms with E-state index in [1.165, 1.54) is 0 Å². The minimum atomic E-state index is -0.633. The number of carbonyl (C=O) groups is 1. The lowest BCUT2D eigenvalue weighted by atomic mass is 9.89. The molecule has 1 aliphatic heterocycles. The third-order valence-electron chi connectivity index (χ3n) is 5.92. The van der Waals surface area contributed by atoms with Crippen LogP contribution in [0.25, 0.3) is 0 Å². The quantitative estimate of drug-likeness (QED) is 0.466. The van der Waals surface area contributed by atoms with Gasteiger partial charge in [-0.1, -0.05) is 56.7 Å². The maximum Gasteiger partial charge on any atom is 0.336 e. The predicted octanol–water partition coefficient (Wildman–Crippen LogP) is 5.06. The summed E-state index contributed by atoms with van der Waals surface area (Å²) in [5.41, 5.74) is 3.26. The van der Waals surface area contributed by atoms with E-state index in [4.69, 9.17) is 9.47 Å². The molecule has 180 valence electrons. The van der Waals surface area contributed by atoms with Crippen molar-refractivity contribution in [2.75, 3.05) is 13.7 Å². The summed E-state index contributed by atoms with van der Waals surface area (Å²) in [4.78, 5) is 12.6. The lowest BCUT2D eigenvalue weighted by Gasteiger charge is -2.25. The summed E-state index contributed by atoms with van der Waals surface area (Å²) in [6.45, 7) is 11.8. The lowest BCUT2D eigenvalue weighted by Crippen LogP contribution is -2.25. The van der Waals surface area contributed by atoms with Crippen molar-refractivity contribution in [3.05, 3.63) is 58.7 Å². The molecule has 4 atom stereocenters. The first kappa shape index (κ1) is 28.1. The first-order valence-corrected chi connectivity index (χ1v) is 11.6. The summed E-state index contributed by atoms with van der Waals surface area (Å²) in [5.74, 6) is -0.239. The fourth-order valence-corrected chi connectivity index (χ4v) is 3.80. The molecule has 5 nitrogen and oxygen atoms in total. The van der Waals surface area contributed by atoms with Crippen LogP contribution in [0.1, 0.15) is 60.8 Å². The van der Waals surface area contributed by atoms with Gasteiger partial charge < -0.3 is 19.7 Å². The van der Waals surface area contributed by atoms with Gasteiger partial charge in [-0.2, -0.15) is 0 Å². The number of carbonyl (C=O) groups excluding carboxylic acids is 1. The molecule has 0 aliphatic carbocycles. The van der Waals surface area contributed by atoms with Crippen LogP contribution in [0.2, 0.25) is 0 Å². The van der Waals surface area contributed by atoms with Gasteiger partial charge in [0.15, 0.2) is 0 Å². The Morgan fingerprint density at radius 1 is 1.19 bits per heavy atom. The molecule has 1 heterocycles. The fraction of sp³-hybridized carbons (Fsp3) is 0.593. The Labute approximate surface area is 194 Å². The Morgan fingerprint density at radius 2 is 1.88 bits per heavy atom. The van der Waals surface area contributed by atoms with Crippen molar-refractivity contribution < 1.29 is 24.5 Å². The molecule has 0 unspecified atom stereocenters. The lowest BCUT2D eigenvalue weighted by molar-refractivity contribution is -0.146. The van der Waals surface area contributed by atoms with E-state index in [2.05, 4.69) is 32.1 Å². The molecule has 1 rings (SSSR count). The van der Waals surface area contributed by atoms with Gasteiger partial charge in [0.05, 0.1) is 24.4 Å². The topological polar surface area (TPSA) is 76.0 Å². The van der Waals surface area contributed by atoms with Crippen molar-refractivity contribution in [2.45, 2.75) is 79.1 Å². The Bertz CT molecular complexity index is 754. The second-order valence-corrected chi connectivity index (χ2v) is 8.93. The molecule has 0 aromatic carbocycles. The Morgan fingerprint density at radius 3 is 2.44 bits per heavy atom. The van der Waals surface area contributed by atoms with Crippen molar-refractivity contribution in [1.29, 1.82) is 0 Å². The number of hydrogen-bond donors (Lipinski definition) is 2. The van der Waals surface area contributed by atoms with E-state index in [1.54, 1.807) is 25.3 Å².